The molecule has 0 saturated heterocycles. The maximum Gasteiger partial charge on any atom is 0.257 e. The Bertz CT molecular complexity index is 1330. The lowest BCUT2D eigenvalue weighted by atomic mass is 10.2. The van der Waals surface area contributed by atoms with Gasteiger partial charge in [-0.3, -0.25) is 10.1 Å². The van der Waals surface area contributed by atoms with Gasteiger partial charge in [-0.2, -0.15) is 0 Å². The lowest BCUT2D eigenvalue weighted by Crippen LogP contribution is -2.11. The number of hydrogen-bond acceptors (Lipinski definition) is 6. The molecule has 142 valence electrons. The molecular formula is C22H15N3O2S2. The van der Waals surface area contributed by atoms with Crippen LogP contribution in [0.5, 0.6) is 11.5 Å². The normalized spacial score (nSPS) is 11.1. The SMILES string of the molecule is Cc1nc2ccc3nc(NC(=O)c4ccc(Oc5ccccc5)cc4)sc3c2s1. The van der Waals surface area contributed by atoms with E-state index in [0.29, 0.717) is 16.4 Å². The van der Waals surface area contributed by atoms with Crippen LogP contribution in [-0.2, 0) is 0 Å². The van der Waals surface area contributed by atoms with Crippen LogP contribution in [0, 0.1) is 6.92 Å². The second kappa shape index (κ2) is 7.27. The van der Waals surface area contributed by atoms with Gasteiger partial charge in [-0.05, 0) is 55.5 Å². The van der Waals surface area contributed by atoms with E-state index in [2.05, 4.69) is 15.3 Å². The fraction of sp³-hybridized carbons (Fsp3) is 0.0455. The highest BCUT2D eigenvalue weighted by molar-refractivity contribution is 7.28. The lowest BCUT2D eigenvalue weighted by Gasteiger charge is -2.06. The highest BCUT2D eigenvalue weighted by atomic mass is 32.1. The van der Waals surface area contributed by atoms with Crippen molar-refractivity contribution in [1.82, 2.24) is 9.97 Å². The molecule has 0 radical (unpaired) electrons. The second-order valence-electron chi connectivity index (χ2n) is 6.41. The van der Waals surface area contributed by atoms with Crippen molar-refractivity contribution in [2.24, 2.45) is 0 Å². The van der Waals surface area contributed by atoms with Crippen LogP contribution in [0.25, 0.3) is 20.4 Å². The van der Waals surface area contributed by atoms with Crippen LogP contribution in [0.1, 0.15) is 15.4 Å². The number of nitrogens with zero attached hydrogens (tertiary/aromatic N) is 2. The second-order valence-corrected chi connectivity index (χ2v) is 8.61. The number of hydrogen-bond donors (Lipinski definition) is 1. The van der Waals surface area contributed by atoms with Crippen molar-refractivity contribution < 1.29 is 9.53 Å². The minimum absolute atomic E-state index is 0.202. The highest BCUT2D eigenvalue weighted by Crippen LogP contribution is 2.36. The first-order valence-electron chi connectivity index (χ1n) is 8.97. The number of rotatable bonds is 4. The maximum atomic E-state index is 12.6. The van der Waals surface area contributed by atoms with Crippen molar-refractivity contribution in [3.8, 4) is 11.5 Å². The van der Waals surface area contributed by atoms with Gasteiger partial charge in [-0.25, -0.2) is 9.97 Å². The minimum atomic E-state index is -0.202. The zero-order valence-electron chi connectivity index (χ0n) is 15.4. The maximum absolute atomic E-state index is 12.6. The van der Waals surface area contributed by atoms with Crippen LogP contribution < -0.4 is 10.1 Å². The Morgan fingerprint density at radius 1 is 0.828 bits per heavy atom. The van der Waals surface area contributed by atoms with Gasteiger partial charge in [-0.1, -0.05) is 29.5 Å². The molecule has 29 heavy (non-hydrogen) atoms. The molecule has 0 aliphatic heterocycles. The Morgan fingerprint density at radius 2 is 1.48 bits per heavy atom. The standard InChI is InChI=1S/C22H15N3O2S2/c1-13-23-17-11-12-18-20(19(17)28-13)29-22(24-18)25-21(26)14-7-9-16(10-8-14)27-15-5-3-2-4-6-15/h2-12H,1H3,(H,24,25,26). The Hall–Kier alpha value is -3.29. The summed E-state index contributed by atoms with van der Waals surface area (Å²) in [6, 6.07) is 20.5. The predicted octanol–water partition coefficient (Wildman–Crippen LogP) is 6.26. The zero-order chi connectivity index (χ0) is 19.8. The molecular weight excluding hydrogens is 402 g/mol. The van der Waals surface area contributed by atoms with Crippen LogP contribution >= 0.6 is 22.7 Å². The third kappa shape index (κ3) is 3.57. The molecule has 1 amide bonds. The summed E-state index contributed by atoms with van der Waals surface area (Å²) in [5.74, 6) is 1.23. The van der Waals surface area contributed by atoms with Gasteiger partial charge in [0.15, 0.2) is 5.13 Å². The van der Waals surface area contributed by atoms with Gasteiger partial charge in [0.05, 0.1) is 25.4 Å². The van der Waals surface area contributed by atoms with E-state index in [4.69, 9.17) is 4.74 Å². The van der Waals surface area contributed by atoms with Crippen LogP contribution in [0.3, 0.4) is 0 Å². The van der Waals surface area contributed by atoms with Crippen LogP contribution in [0.4, 0.5) is 5.13 Å². The number of thiazole rings is 2. The number of carbonyl (C=O) groups is 1. The molecule has 0 spiro atoms. The first kappa shape index (κ1) is 17.8. The highest BCUT2D eigenvalue weighted by Gasteiger charge is 2.13. The van der Waals surface area contributed by atoms with E-state index >= 15 is 0 Å². The average molecular weight is 418 g/mol. The summed E-state index contributed by atoms with van der Waals surface area (Å²) in [4.78, 5) is 21.7. The first-order chi connectivity index (χ1) is 14.2. The molecule has 5 aromatic rings. The third-order valence-electron chi connectivity index (χ3n) is 4.33. The summed E-state index contributed by atoms with van der Waals surface area (Å²) in [5, 5.41) is 4.50. The monoisotopic (exact) mass is 417 g/mol. The third-order valence-corrected chi connectivity index (χ3v) is 6.47. The van der Waals surface area contributed by atoms with Crippen molar-refractivity contribution in [2.45, 2.75) is 6.92 Å². The molecule has 0 unspecified atom stereocenters. The largest absolute Gasteiger partial charge is 0.457 e. The molecule has 5 nitrogen and oxygen atoms in total. The van der Waals surface area contributed by atoms with Crippen molar-refractivity contribution in [3.63, 3.8) is 0 Å². The quantitative estimate of drug-likeness (QED) is 0.375. The number of amides is 1. The molecule has 0 bridgehead atoms. The van der Waals surface area contributed by atoms with E-state index in [9.17, 15) is 4.79 Å². The van der Waals surface area contributed by atoms with Gasteiger partial charge in [0.1, 0.15) is 11.5 Å². The summed E-state index contributed by atoms with van der Waals surface area (Å²) >= 11 is 3.12. The molecule has 5 rings (SSSR count). The smallest absolute Gasteiger partial charge is 0.257 e. The average Bonchev–Trinajstić information content (AvgIpc) is 3.31. The lowest BCUT2D eigenvalue weighted by molar-refractivity contribution is 0.102. The summed E-state index contributed by atoms with van der Waals surface area (Å²) in [7, 11) is 0. The Morgan fingerprint density at radius 3 is 2.24 bits per heavy atom. The minimum Gasteiger partial charge on any atom is -0.457 e. The zero-order valence-corrected chi connectivity index (χ0v) is 17.0. The number of aryl methyl sites for hydroxylation is 1. The van der Waals surface area contributed by atoms with Gasteiger partial charge in [0, 0.05) is 5.56 Å². The van der Waals surface area contributed by atoms with Crippen molar-refractivity contribution in [1.29, 1.82) is 0 Å². The van der Waals surface area contributed by atoms with E-state index in [0.717, 1.165) is 31.2 Å². The fourth-order valence-electron chi connectivity index (χ4n) is 3.01. The van der Waals surface area contributed by atoms with Crippen molar-refractivity contribution in [3.05, 3.63) is 77.3 Å². The molecule has 7 heteroatoms. The number of fused-ring (bicyclic) bond motifs is 3. The van der Waals surface area contributed by atoms with Crippen LogP contribution in [-0.4, -0.2) is 15.9 Å². The van der Waals surface area contributed by atoms with E-state index < -0.39 is 0 Å². The number of ether oxygens (including phenoxy) is 1. The van der Waals surface area contributed by atoms with Crippen molar-refractivity contribution >= 4 is 54.1 Å². The predicted molar refractivity (Wildman–Crippen MR) is 118 cm³/mol. The van der Waals surface area contributed by atoms with E-state index in [1.54, 1.807) is 35.6 Å². The van der Waals surface area contributed by atoms with Gasteiger partial charge < -0.3 is 4.74 Å². The van der Waals surface area contributed by atoms with Gasteiger partial charge in [0.25, 0.3) is 5.91 Å². The summed E-state index contributed by atoms with van der Waals surface area (Å²) < 4.78 is 7.93. The Balaban J connectivity index is 1.35. The van der Waals surface area contributed by atoms with E-state index in [-0.39, 0.29) is 5.91 Å². The molecule has 0 atom stereocenters. The molecule has 2 aromatic heterocycles. The number of benzene rings is 3. The molecule has 0 aliphatic carbocycles. The topological polar surface area (TPSA) is 64.1 Å². The molecule has 1 N–H and O–H groups in total. The molecule has 2 heterocycles. The molecule has 0 aliphatic rings. The Kier molecular flexibility index (Phi) is 4.46. The number of carbonyl (C=O) groups excluding carboxylic acids is 1. The fourth-order valence-corrected chi connectivity index (χ4v) is 5.01. The molecule has 0 fully saturated rings. The van der Waals surface area contributed by atoms with Crippen LogP contribution in [0.2, 0.25) is 0 Å². The molecule has 0 saturated carbocycles. The van der Waals surface area contributed by atoms with Crippen LogP contribution in [0.15, 0.2) is 66.7 Å². The van der Waals surface area contributed by atoms with Gasteiger partial charge >= 0.3 is 0 Å². The molecule has 3 aromatic carbocycles. The first-order valence-corrected chi connectivity index (χ1v) is 10.6. The van der Waals surface area contributed by atoms with Crippen molar-refractivity contribution in [2.75, 3.05) is 5.32 Å². The van der Waals surface area contributed by atoms with Gasteiger partial charge in [0.2, 0.25) is 0 Å². The summed E-state index contributed by atoms with van der Waals surface area (Å²) in [6.45, 7) is 1.99. The van der Waals surface area contributed by atoms with Gasteiger partial charge in [-0.15, -0.1) is 11.3 Å². The number of anilines is 1. The van der Waals surface area contributed by atoms with E-state index in [1.165, 1.54) is 11.3 Å². The summed E-state index contributed by atoms with van der Waals surface area (Å²) in [5.41, 5.74) is 2.38. The Labute approximate surface area is 174 Å². The number of aromatic nitrogens is 2. The van der Waals surface area contributed by atoms with E-state index in [1.807, 2.05) is 49.4 Å². The summed E-state index contributed by atoms with van der Waals surface area (Å²) in [6.07, 6.45) is 0. The number of nitrogens with one attached hydrogen (secondary N) is 1. The number of para-hydroxylation sites is 1.